The molecule has 0 amide bonds. The molecule has 0 aromatic heterocycles. The number of hydrogen-bond acceptors (Lipinski definition) is 5. The number of rotatable bonds is 7. The van der Waals surface area contributed by atoms with Crippen molar-refractivity contribution in [2.45, 2.75) is 33.0 Å². The van der Waals surface area contributed by atoms with Crippen LogP contribution in [-0.4, -0.2) is 36.5 Å². The van der Waals surface area contributed by atoms with Gasteiger partial charge in [-0.15, -0.1) is 0 Å². The van der Waals surface area contributed by atoms with Gasteiger partial charge in [0.15, 0.2) is 0 Å². The van der Waals surface area contributed by atoms with Crippen LogP contribution in [0.15, 0.2) is 12.2 Å². The standard InChI is InChI=1S/C10H18O5/c1-5-14-15-9(4)8(3)10(12)13-6-7(2)11/h7,9,11H,3,5-6H2,1-2,4H3. The highest BCUT2D eigenvalue weighted by molar-refractivity contribution is 5.88. The van der Waals surface area contributed by atoms with Gasteiger partial charge in [-0.05, 0) is 20.8 Å². The fourth-order valence-corrected chi connectivity index (χ4v) is 0.683. The van der Waals surface area contributed by atoms with E-state index < -0.39 is 18.2 Å². The molecular weight excluding hydrogens is 200 g/mol. The van der Waals surface area contributed by atoms with E-state index in [0.717, 1.165) is 0 Å². The molecule has 0 aromatic rings. The Bertz CT molecular complexity index is 212. The van der Waals surface area contributed by atoms with Gasteiger partial charge in [-0.3, -0.25) is 0 Å². The van der Waals surface area contributed by atoms with Crippen LogP contribution in [0.1, 0.15) is 20.8 Å². The maximum absolute atomic E-state index is 11.3. The van der Waals surface area contributed by atoms with E-state index in [2.05, 4.69) is 11.5 Å². The third-order valence-electron chi connectivity index (χ3n) is 1.54. The van der Waals surface area contributed by atoms with Gasteiger partial charge >= 0.3 is 5.97 Å². The second-order valence-corrected chi connectivity index (χ2v) is 3.12. The second-order valence-electron chi connectivity index (χ2n) is 3.12. The van der Waals surface area contributed by atoms with E-state index in [4.69, 9.17) is 14.7 Å². The van der Waals surface area contributed by atoms with Gasteiger partial charge in [0.2, 0.25) is 0 Å². The SMILES string of the molecule is C=C(C(=O)OCC(C)O)C(C)OOCC. The Hall–Kier alpha value is -0.910. The van der Waals surface area contributed by atoms with E-state index in [1.54, 1.807) is 13.8 Å². The number of aliphatic hydroxyl groups is 1. The zero-order chi connectivity index (χ0) is 11.8. The molecule has 0 radical (unpaired) electrons. The van der Waals surface area contributed by atoms with Crippen LogP contribution in [-0.2, 0) is 19.3 Å². The number of aliphatic hydroxyl groups excluding tert-OH is 1. The molecule has 0 aliphatic rings. The van der Waals surface area contributed by atoms with E-state index in [1.807, 2.05) is 0 Å². The average molecular weight is 218 g/mol. The summed E-state index contributed by atoms with van der Waals surface area (Å²) in [5.74, 6) is -0.594. The summed E-state index contributed by atoms with van der Waals surface area (Å²) in [6.07, 6.45) is -1.25. The molecular formula is C10H18O5. The van der Waals surface area contributed by atoms with Gasteiger partial charge in [-0.1, -0.05) is 6.58 Å². The highest BCUT2D eigenvalue weighted by Gasteiger charge is 2.17. The third-order valence-corrected chi connectivity index (χ3v) is 1.54. The summed E-state index contributed by atoms with van der Waals surface area (Å²) < 4.78 is 4.74. The van der Waals surface area contributed by atoms with E-state index >= 15 is 0 Å². The molecule has 0 aliphatic heterocycles. The number of carbonyl (C=O) groups is 1. The minimum Gasteiger partial charge on any atom is -0.460 e. The molecule has 1 N–H and O–H groups in total. The quantitative estimate of drug-likeness (QED) is 0.296. The van der Waals surface area contributed by atoms with Crippen LogP contribution in [0.3, 0.4) is 0 Å². The molecule has 0 saturated heterocycles. The molecule has 2 unspecified atom stereocenters. The highest BCUT2D eigenvalue weighted by Crippen LogP contribution is 2.07. The molecule has 0 fully saturated rings. The molecule has 0 spiro atoms. The third kappa shape index (κ3) is 6.22. The van der Waals surface area contributed by atoms with Crippen LogP contribution in [0.4, 0.5) is 0 Å². The van der Waals surface area contributed by atoms with Gasteiger partial charge in [-0.25, -0.2) is 14.6 Å². The number of carbonyl (C=O) groups excluding carboxylic acids is 1. The highest BCUT2D eigenvalue weighted by atomic mass is 17.2. The topological polar surface area (TPSA) is 65.0 Å². The molecule has 88 valence electrons. The van der Waals surface area contributed by atoms with Crippen molar-refractivity contribution in [3.05, 3.63) is 12.2 Å². The summed E-state index contributed by atoms with van der Waals surface area (Å²) in [6, 6.07) is 0. The van der Waals surface area contributed by atoms with Gasteiger partial charge < -0.3 is 9.84 Å². The first-order valence-electron chi connectivity index (χ1n) is 4.81. The number of esters is 1. The van der Waals surface area contributed by atoms with Crippen molar-refractivity contribution >= 4 is 5.97 Å². The van der Waals surface area contributed by atoms with E-state index in [-0.39, 0.29) is 12.2 Å². The molecule has 5 heteroatoms. The number of ether oxygens (including phenoxy) is 1. The maximum atomic E-state index is 11.3. The summed E-state index contributed by atoms with van der Waals surface area (Å²) in [4.78, 5) is 20.8. The first kappa shape index (κ1) is 14.1. The fraction of sp³-hybridized carbons (Fsp3) is 0.700. The minimum atomic E-state index is -0.690. The first-order chi connectivity index (χ1) is 6.99. The predicted octanol–water partition coefficient (Wildman–Crippen LogP) is 0.823. The summed E-state index contributed by atoms with van der Waals surface area (Å²) in [6.45, 7) is 8.77. The normalized spacial score (nSPS) is 14.4. The summed E-state index contributed by atoms with van der Waals surface area (Å²) in [7, 11) is 0. The average Bonchev–Trinajstić information content (AvgIpc) is 2.21. The molecule has 0 aromatic carbocycles. The summed E-state index contributed by atoms with van der Waals surface area (Å²) >= 11 is 0. The van der Waals surface area contributed by atoms with Gasteiger partial charge in [0, 0.05) is 0 Å². The lowest BCUT2D eigenvalue weighted by atomic mass is 10.2. The largest absolute Gasteiger partial charge is 0.460 e. The van der Waals surface area contributed by atoms with Gasteiger partial charge in [0.05, 0.1) is 18.3 Å². The van der Waals surface area contributed by atoms with Gasteiger partial charge in [0.1, 0.15) is 12.7 Å². The minimum absolute atomic E-state index is 0.0563. The zero-order valence-electron chi connectivity index (χ0n) is 9.36. The summed E-state index contributed by atoms with van der Waals surface area (Å²) in [5, 5.41) is 8.90. The molecule has 5 nitrogen and oxygen atoms in total. The van der Waals surface area contributed by atoms with Crippen molar-refractivity contribution < 1.29 is 24.4 Å². The van der Waals surface area contributed by atoms with E-state index in [9.17, 15) is 4.79 Å². The van der Waals surface area contributed by atoms with E-state index in [0.29, 0.717) is 6.61 Å². The molecule has 0 heterocycles. The molecule has 0 saturated carbocycles. The lowest BCUT2D eigenvalue weighted by Gasteiger charge is -2.13. The van der Waals surface area contributed by atoms with Crippen LogP contribution in [0.2, 0.25) is 0 Å². The lowest BCUT2D eigenvalue weighted by Crippen LogP contribution is -2.23. The summed E-state index contributed by atoms with van der Waals surface area (Å²) in [5.41, 5.74) is 0.157. The zero-order valence-corrected chi connectivity index (χ0v) is 9.36. The van der Waals surface area contributed by atoms with Gasteiger partial charge in [-0.2, -0.15) is 0 Å². The first-order valence-corrected chi connectivity index (χ1v) is 4.81. The van der Waals surface area contributed by atoms with Crippen LogP contribution < -0.4 is 0 Å². The van der Waals surface area contributed by atoms with Crippen molar-refractivity contribution in [2.75, 3.05) is 13.2 Å². The Morgan fingerprint density at radius 3 is 2.53 bits per heavy atom. The van der Waals surface area contributed by atoms with E-state index in [1.165, 1.54) is 6.92 Å². The van der Waals surface area contributed by atoms with Crippen LogP contribution in [0.5, 0.6) is 0 Å². The molecule has 0 aliphatic carbocycles. The van der Waals surface area contributed by atoms with Crippen molar-refractivity contribution in [3.63, 3.8) is 0 Å². The second kappa shape index (κ2) is 7.39. The Balaban J connectivity index is 3.91. The molecule has 2 atom stereocenters. The van der Waals surface area contributed by atoms with Crippen molar-refractivity contribution in [1.29, 1.82) is 0 Å². The fourth-order valence-electron chi connectivity index (χ4n) is 0.683. The maximum Gasteiger partial charge on any atom is 0.336 e. The monoisotopic (exact) mass is 218 g/mol. The van der Waals surface area contributed by atoms with Gasteiger partial charge in [0.25, 0.3) is 0 Å². The predicted molar refractivity (Wildman–Crippen MR) is 54.0 cm³/mol. The Kier molecular flexibility index (Phi) is 6.94. The van der Waals surface area contributed by atoms with Crippen molar-refractivity contribution in [2.24, 2.45) is 0 Å². The van der Waals surface area contributed by atoms with Crippen LogP contribution in [0.25, 0.3) is 0 Å². The number of hydrogen-bond donors (Lipinski definition) is 1. The molecule has 15 heavy (non-hydrogen) atoms. The van der Waals surface area contributed by atoms with Crippen molar-refractivity contribution in [3.8, 4) is 0 Å². The Morgan fingerprint density at radius 1 is 1.47 bits per heavy atom. The molecule has 0 bridgehead atoms. The smallest absolute Gasteiger partial charge is 0.336 e. The molecule has 0 rings (SSSR count). The van der Waals surface area contributed by atoms with Crippen LogP contribution in [0, 0.1) is 0 Å². The van der Waals surface area contributed by atoms with Crippen LogP contribution >= 0.6 is 0 Å². The Morgan fingerprint density at radius 2 is 2.07 bits per heavy atom. The Labute approximate surface area is 89.6 Å². The lowest BCUT2D eigenvalue weighted by molar-refractivity contribution is -0.309. The van der Waals surface area contributed by atoms with Crippen molar-refractivity contribution in [1.82, 2.24) is 0 Å².